The van der Waals surface area contributed by atoms with Crippen molar-refractivity contribution in [1.29, 1.82) is 0 Å². The zero-order valence-electron chi connectivity index (χ0n) is 12.9. The number of benzene rings is 1. The monoisotopic (exact) mass is 272 g/mol. The van der Waals surface area contributed by atoms with Gasteiger partial charge in [0.05, 0.1) is 0 Å². The number of aryl methyl sites for hydroxylation is 1. The SMILES string of the molecule is CCc1cc(O)c2c(c1)OC(C)(C)[C@H]1CC=C(C)CC21. The van der Waals surface area contributed by atoms with E-state index in [0.29, 0.717) is 17.6 Å². The van der Waals surface area contributed by atoms with Gasteiger partial charge >= 0.3 is 0 Å². The molecule has 20 heavy (non-hydrogen) atoms. The summed E-state index contributed by atoms with van der Waals surface area (Å²) in [5, 5.41) is 10.5. The third-order valence-electron chi connectivity index (χ3n) is 4.97. The highest BCUT2D eigenvalue weighted by Crippen LogP contribution is 2.54. The van der Waals surface area contributed by atoms with E-state index in [2.05, 4.69) is 39.8 Å². The first kappa shape index (κ1) is 13.5. The molecule has 0 bridgehead atoms. The van der Waals surface area contributed by atoms with Crippen molar-refractivity contribution in [2.24, 2.45) is 5.92 Å². The maximum Gasteiger partial charge on any atom is 0.127 e. The highest BCUT2D eigenvalue weighted by atomic mass is 16.5. The maximum absolute atomic E-state index is 10.5. The van der Waals surface area contributed by atoms with Crippen LogP contribution in [0.15, 0.2) is 23.8 Å². The van der Waals surface area contributed by atoms with E-state index in [-0.39, 0.29) is 5.60 Å². The fourth-order valence-corrected chi connectivity index (χ4v) is 3.82. The molecule has 0 saturated heterocycles. The van der Waals surface area contributed by atoms with Gasteiger partial charge in [0, 0.05) is 17.4 Å². The van der Waals surface area contributed by atoms with E-state index in [1.807, 2.05) is 6.07 Å². The molecule has 0 spiro atoms. The Morgan fingerprint density at radius 3 is 2.80 bits per heavy atom. The van der Waals surface area contributed by atoms with Gasteiger partial charge in [-0.1, -0.05) is 18.6 Å². The molecule has 3 rings (SSSR count). The molecule has 108 valence electrons. The number of aromatic hydroxyl groups is 1. The molecule has 1 aliphatic heterocycles. The molecular formula is C18H24O2. The second-order valence-electron chi connectivity index (χ2n) is 6.79. The standard InChI is InChI=1S/C18H24O2/c1-5-12-9-15(19)17-13-8-11(2)6-7-14(13)18(3,4)20-16(17)10-12/h6,9-10,13-14,19H,5,7-8H2,1-4H3/t13?,14-/m0/s1. The van der Waals surface area contributed by atoms with Crippen molar-refractivity contribution in [1.82, 2.24) is 0 Å². The molecule has 0 saturated carbocycles. The molecule has 0 fully saturated rings. The van der Waals surface area contributed by atoms with Crippen LogP contribution >= 0.6 is 0 Å². The summed E-state index contributed by atoms with van der Waals surface area (Å²) < 4.78 is 6.26. The second kappa shape index (κ2) is 4.54. The molecule has 1 aromatic carbocycles. The minimum absolute atomic E-state index is 0.173. The molecule has 1 heterocycles. The lowest BCUT2D eigenvalue weighted by Crippen LogP contribution is -2.45. The Balaban J connectivity index is 2.15. The molecule has 1 aromatic rings. The van der Waals surface area contributed by atoms with Gasteiger partial charge in [-0.3, -0.25) is 0 Å². The first-order valence-electron chi connectivity index (χ1n) is 7.62. The first-order valence-corrected chi connectivity index (χ1v) is 7.62. The van der Waals surface area contributed by atoms with E-state index < -0.39 is 0 Å². The minimum Gasteiger partial charge on any atom is -0.508 e. The lowest BCUT2D eigenvalue weighted by molar-refractivity contribution is 0.00753. The highest BCUT2D eigenvalue weighted by Gasteiger charge is 2.45. The zero-order valence-corrected chi connectivity index (χ0v) is 12.9. The smallest absolute Gasteiger partial charge is 0.127 e. The number of hydrogen-bond acceptors (Lipinski definition) is 2. The van der Waals surface area contributed by atoms with E-state index in [0.717, 1.165) is 36.1 Å². The van der Waals surface area contributed by atoms with Gasteiger partial charge in [-0.05, 0) is 57.7 Å². The molecule has 2 aliphatic rings. The topological polar surface area (TPSA) is 29.5 Å². The van der Waals surface area contributed by atoms with E-state index in [1.165, 1.54) is 5.57 Å². The highest BCUT2D eigenvalue weighted by molar-refractivity contribution is 5.52. The number of rotatable bonds is 1. The van der Waals surface area contributed by atoms with Crippen molar-refractivity contribution in [2.75, 3.05) is 0 Å². The number of ether oxygens (including phenoxy) is 1. The third kappa shape index (κ3) is 2.02. The summed E-state index contributed by atoms with van der Waals surface area (Å²) in [7, 11) is 0. The third-order valence-corrected chi connectivity index (χ3v) is 4.97. The van der Waals surface area contributed by atoms with Gasteiger partial charge in [0.25, 0.3) is 0 Å². The van der Waals surface area contributed by atoms with Crippen molar-refractivity contribution in [3.05, 3.63) is 34.9 Å². The van der Waals surface area contributed by atoms with Crippen LogP contribution in [0.4, 0.5) is 0 Å². The van der Waals surface area contributed by atoms with Gasteiger partial charge in [0.15, 0.2) is 0 Å². The Kier molecular flexibility index (Phi) is 3.07. The molecule has 0 amide bonds. The summed E-state index contributed by atoms with van der Waals surface area (Å²) in [5.41, 5.74) is 3.42. The molecule has 0 radical (unpaired) electrons. The molecule has 1 aliphatic carbocycles. The fourth-order valence-electron chi connectivity index (χ4n) is 3.82. The summed E-state index contributed by atoms with van der Waals surface area (Å²) >= 11 is 0. The molecule has 2 atom stereocenters. The largest absolute Gasteiger partial charge is 0.508 e. The number of allylic oxidation sites excluding steroid dienone is 2. The minimum atomic E-state index is -0.173. The van der Waals surface area contributed by atoms with E-state index in [4.69, 9.17) is 4.74 Å². The van der Waals surface area contributed by atoms with E-state index >= 15 is 0 Å². The van der Waals surface area contributed by atoms with Crippen LogP contribution in [-0.4, -0.2) is 10.7 Å². The number of fused-ring (bicyclic) bond motifs is 3. The molecule has 2 nitrogen and oxygen atoms in total. The predicted molar refractivity (Wildman–Crippen MR) is 81.4 cm³/mol. The Labute approximate surface area is 121 Å². The molecule has 2 heteroatoms. The van der Waals surface area contributed by atoms with Crippen molar-refractivity contribution in [3.8, 4) is 11.5 Å². The maximum atomic E-state index is 10.5. The molecule has 1 unspecified atom stereocenters. The zero-order chi connectivity index (χ0) is 14.5. The molecular weight excluding hydrogens is 248 g/mol. The summed E-state index contributed by atoms with van der Waals surface area (Å²) in [5.74, 6) is 2.13. The summed E-state index contributed by atoms with van der Waals surface area (Å²) in [6, 6.07) is 4.02. The lowest BCUT2D eigenvalue weighted by atomic mass is 9.67. The number of phenolic OH excluding ortho intramolecular Hbond substituents is 1. The Bertz CT molecular complexity index is 569. The van der Waals surface area contributed by atoms with E-state index in [1.54, 1.807) is 0 Å². The summed E-state index contributed by atoms with van der Waals surface area (Å²) in [6.45, 7) is 8.65. The number of phenols is 1. The van der Waals surface area contributed by atoms with Crippen molar-refractivity contribution < 1.29 is 9.84 Å². The summed E-state index contributed by atoms with van der Waals surface area (Å²) in [4.78, 5) is 0. The lowest BCUT2D eigenvalue weighted by Gasteiger charge is -2.47. The van der Waals surface area contributed by atoms with Gasteiger partial charge in [0.2, 0.25) is 0 Å². The normalized spacial score (nSPS) is 27.1. The van der Waals surface area contributed by atoms with Gasteiger partial charge in [-0.25, -0.2) is 0 Å². The van der Waals surface area contributed by atoms with Crippen LogP contribution in [0.5, 0.6) is 11.5 Å². The summed E-state index contributed by atoms with van der Waals surface area (Å²) in [6.07, 6.45) is 5.31. The Morgan fingerprint density at radius 2 is 2.10 bits per heavy atom. The van der Waals surface area contributed by atoms with Crippen LogP contribution in [0.3, 0.4) is 0 Å². The fraction of sp³-hybridized carbons (Fsp3) is 0.556. The molecule has 1 N–H and O–H groups in total. The van der Waals surface area contributed by atoms with Gasteiger partial charge < -0.3 is 9.84 Å². The van der Waals surface area contributed by atoms with Crippen LogP contribution in [-0.2, 0) is 6.42 Å². The Hall–Kier alpha value is -1.44. The average molecular weight is 272 g/mol. The van der Waals surface area contributed by atoms with Crippen molar-refractivity contribution in [3.63, 3.8) is 0 Å². The average Bonchev–Trinajstić information content (AvgIpc) is 2.36. The Morgan fingerprint density at radius 1 is 1.35 bits per heavy atom. The van der Waals surface area contributed by atoms with Gasteiger partial charge in [-0.2, -0.15) is 0 Å². The number of hydrogen-bond donors (Lipinski definition) is 1. The predicted octanol–water partition coefficient (Wildman–Crippen LogP) is 4.57. The molecule has 0 aromatic heterocycles. The van der Waals surface area contributed by atoms with Crippen LogP contribution < -0.4 is 4.74 Å². The van der Waals surface area contributed by atoms with Crippen LogP contribution in [0.25, 0.3) is 0 Å². The van der Waals surface area contributed by atoms with Crippen LogP contribution in [0.2, 0.25) is 0 Å². The first-order chi connectivity index (χ1) is 9.42. The van der Waals surface area contributed by atoms with Crippen LogP contribution in [0.1, 0.15) is 57.6 Å². The van der Waals surface area contributed by atoms with E-state index in [9.17, 15) is 5.11 Å². The van der Waals surface area contributed by atoms with Gasteiger partial charge in [0.1, 0.15) is 17.1 Å². The van der Waals surface area contributed by atoms with Gasteiger partial charge in [-0.15, -0.1) is 0 Å². The van der Waals surface area contributed by atoms with Crippen molar-refractivity contribution in [2.45, 2.75) is 58.5 Å². The second-order valence-corrected chi connectivity index (χ2v) is 6.79. The quantitative estimate of drug-likeness (QED) is 0.759. The van der Waals surface area contributed by atoms with Crippen LogP contribution in [0, 0.1) is 5.92 Å². The van der Waals surface area contributed by atoms with Crippen molar-refractivity contribution >= 4 is 0 Å².